The van der Waals surface area contributed by atoms with E-state index in [9.17, 15) is 0 Å². The summed E-state index contributed by atoms with van der Waals surface area (Å²) in [5.41, 5.74) is 19.7. The summed E-state index contributed by atoms with van der Waals surface area (Å²) in [5, 5.41) is 0. The van der Waals surface area contributed by atoms with Gasteiger partial charge in [0.15, 0.2) is 0 Å². The highest BCUT2D eigenvalue weighted by Crippen LogP contribution is 2.30. The fourth-order valence-electron chi connectivity index (χ4n) is 4.86. The van der Waals surface area contributed by atoms with Gasteiger partial charge in [-0.15, -0.1) is 24.8 Å². The molecule has 3 heterocycles. The average molecular weight is 606 g/mol. The molecule has 0 atom stereocenters. The number of aliphatic imine (C=N–C) groups is 3. The molecule has 0 bridgehead atoms. The normalized spacial score (nSPS) is 14.6. The van der Waals surface area contributed by atoms with Gasteiger partial charge in [0.1, 0.15) is 17.5 Å². The van der Waals surface area contributed by atoms with E-state index in [0.717, 1.165) is 50.2 Å². The third kappa shape index (κ3) is 5.95. The van der Waals surface area contributed by atoms with Gasteiger partial charge in [-0.2, -0.15) is 4.99 Å². The third-order valence-corrected chi connectivity index (χ3v) is 6.63. The van der Waals surface area contributed by atoms with Crippen molar-refractivity contribution in [1.29, 1.82) is 0 Å². The van der Waals surface area contributed by atoms with Gasteiger partial charge >= 0.3 is 0 Å². The second-order valence-corrected chi connectivity index (χ2v) is 10.5. The zero-order valence-corrected chi connectivity index (χ0v) is 25.4. The Hall–Kier alpha value is -4.41. The van der Waals surface area contributed by atoms with E-state index in [-0.39, 0.29) is 36.9 Å². The zero-order chi connectivity index (χ0) is 28.0. The Labute approximate surface area is 256 Å². The molecule has 12 heteroatoms. The highest BCUT2D eigenvalue weighted by Gasteiger charge is 2.29. The van der Waals surface area contributed by atoms with E-state index in [1.54, 1.807) is 0 Å². The van der Waals surface area contributed by atoms with Crippen LogP contribution in [0.15, 0.2) is 75.6 Å². The standard InChI is InChI=1S/C30H32N10.2ClH/c1-16(2)33-26(31)18-9-11-22-24(13-18)36-29(35-22)39-28-21-8-6-5-7-20(21)15-40(28)30-37-23-12-10-19(14-25(23)38-30)27(32)34-17(3)4;;/h5-14,16-17H,15H2,1-4H3,(H2,31,33)(H2,32,34)(H,35,36)(H,37,38);2*1H. The molecule has 2 aromatic heterocycles. The van der Waals surface area contributed by atoms with Gasteiger partial charge in [0, 0.05) is 28.8 Å². The molecule has 42 heavy (non-hydrogen) atoms. The van der Waals surface area contributed by atoms with Gasteiger partial charge in [-0.25, -0.2) is 9.97 Å². The van der Waals surface area contributed by atoms with Gasteiger partial charge in [-0.1, -0.05) is 24.3 Å². The molecule has 10 nitrogen and oxygen atoms in total. The maximum atomic E-state index is 6.22. The molecular formula is C30H34Cl2N10. The lowest BCUT2D eigenvalue weighted by Crippen LogP contribution is -2.25. The van der Waals surface area contributed by atoms with Crippen molar-refractivity contribution < 1.29 is 0 Å². The number of aromatic amines is 2. The Bertz CT molecular complexity index is 1830. The fraction of sp³-hybridized carbons (Fsp3) is 0.233. The van der Waals surface area contributed by atoms with Crippen LogP contribution in [-0.2, 0) is 6.54 Å². The molecule has 0 saturated heterocycles. The number of aromatic nitrogens is 4. The SMILES string of the molecule is CC(C)N=C(N)c1ccc2nc(N=C3c4ccccc4CN3c3nc4ccc(C(N)=NC(C)C)cc4[nH]3)[nH]c2c1.Cl.Cl. The summed E-state index contributed by atoms with van der Waals surface area (Å²) in [4.78, 5) is 32.4. The van der Waals surface area contributed by atoms with Crippen LogP contribution < -0.4 is 16.4 Å². The molecular weight excluding hydrogens is 571 g/mol. The van der Waals surface area contributed by atoms with Crippen LogP contribution >= 0.6 is 24.8 Å². The molecule has 0 radical (unpaired) electrons. The molecule has 0 unspecified atom stereocenters. The number of anilines is 1. The van der Waals surface area contributed by atoms with Crippen LogP contribution in [0.4, 0.5) is 11.9 Å². The maximum absolute atomic E-state index is 6.22. The number of hydrogen-bond acceptors (Lipinski definition) is 5. The van der Waals surface area contributed by atoms with Crippen molar-refractivity contribution in [3.05, 3.63) is 82.9 Å². The first-order valence-corrected chi connectivity index (χ1v) is 13.4. The first kappa shape index (κ1) is 30.5. The monoisotopic (exact) mass is 604 g/mol. The van der Waals surface area contributed by atoms with E-state index in [1.165, 1.54) is 0 Å². The van der Waals surface area contributed by atoms with Crippen molar-refractivity contribution in [3.63, 3.8) is 0 Å². The van der Waals surface area contributed by atoms with Crippen molar-refractivity contribution in [2.45, 2.75) is 46.3 Å². The number of hydrogen-bond donors (Lipinski definition) is 4. The van der Waals surface area contributed by atoms with E-state index in [4.69, 9.17) is 26.4 Å². The number of nitrogens with one attached hydrogen (secondary N) is 2. The van der Waals surface area contributed by atoms with E-state index < -0.39 is 0 Å². The van der Waals surface area contributed by atoms with Crippen LogP contribution in [0.25, 0.3) is 22.1 Å². The summed E-state index contributed by atoms with van der Waals surface area (Å²) in [5.74, 6) is 2.96. The molecule has 3 aromatic carbocycles. The predicted octanol–water partition coefficient (Wildman–Crippen LogP) is 5.61. The summed E-state index contributed by atoms with van der Waals surface area (Å²) in [7, 11) is 0. The Morgan fingerprint density at radius 1 is 0.786 bits per heavy atom. The minimum atomic E-state index is 0. The Kier molecular flexibility index (Phi) is 8.89. The highest BCUT2D eigenvalue weighted by atomic mass is 35.5. The average Bonchev–Trinajstić information content (AvgIpc) is 3.62. The second-order valence-electron chi connectivity index (χ2n) is 10.5. The van der Waals surface area contributed by atoms with E-state index in [1.807, 2.05) is 76.2 Å². The van der Waals surface area contributed by atoms with Gasteiger partial charge in [0.05, 0.1) is 28.6 Å². The maximum Gasteiger partial charge on any atom is 0.229 e. The minimum Gasteiger partial charge on any atom is -0.383 e. The number of amidine groups is 3. The van der Waals surface area contributed by atoms with Crippen molar-refractivity contribution in [2.75, 3.05) is 4.90 Å². The van der Waals surface area contributed by atoms with Crippen LogP contribution in [0.1, 0.15) is 49.9 Å². The quantitative estimate of drug-likeness (QED) is 0.147. The lowest BCUT2D eigenvalue weighted by Gasteiger charge is -2.15. The molecule has 0 fully saturated rings. The highest BCUT2D eigenvalue weighted by molar-refractivity contribution is 6.14. The Morgan fingerprint density at radius 2 is 1.36 bits per heavy atom. The predicted molar refractivity (Wildman–Crippen MR) is 177 cm³/mol. The lowest BCUT2D eigenvalue weighted by molar-refractivity contribution is 0.834. The number of nitrogens with zero attached hydrogens (tertiary/aromatic N) is 6. The molecule has 6 rings (SSSR count). The van der Waals surface area contributed by atoms with Gasteiger partial charge in [0.2, 0.25) is 11.9 Å². The Morgan fingerprint density at radius 3 is 1.98 bits per heavy atom. The number of nitrogens with two attached hydrogens (primary N) is 2. The van der Waals surface area contributed by atoms with Gasteiger partial charge < -0.3 is 21.4 Å². The molecule has 0 amide bonds. The van der Waals surface area contributed by atoms with Crippen LogP contribution in [0, 0.1) is 0 Å². The molecule has 218 valence electrons. The zero-order valence-electron chi connectivity index (χ0n) is 23.8. The summed E-state index contributed by atoms with van der Waals surface area (Å²) in [6, 6.07) is 20.2. The number of H-pyrrole nitrogens is 2. The molecule has 0 saturated carbocycles. The van der Waals surface area contributed by atoms with Gasteiger partial charge in [-0.05, 0) is 69.7 Å². The van der Waals surface area contributed by atoms with E-state index >= 15 is 0 Å². The van der Waals surface area contributed by atoms with E-state index in [0.29, 0.717) is 30.1 Å². The molecule has 1 aliphatic heterocycles. The Balaban J connectivity index is 0.00000202. The molecule has 1 aliphatic rings. The van der Waals surface area contributed by atoms with Crippen molar-refractivity contribution in [2.24, 2.45) is 26.4 Å². The lowest BCUT2D eigenvalue weighted by atomic mass is 10.1. The van der Waals surface area contributed by atoms with Crippen LogP contribution in [0.5, 0.6) is 0 Å². The fourth-order valence-corrected chi connectivity index (χ4v) is 4.86. The van der Waals surface area contributed by atoms with Gasteiger partial charge in [0.25, 0.3) is 0 Å². The number of imidazole rings is 2. The summed E-state index contributed by atoms with van der Waals surface area (Å²) < 4.78 is 0. The van der Waals surface area contributed by atoms with Crippen LogP contribution in [-0.4, -0.2) is 49.5 Å². The molecule has 0 aliphatic carbocycles. The number of fused-ring (bicyclic) bond motifs is 3. The summed E-state index contributed by atoms with van der Waals surface area (Å²) in [6.45, 7) is 8.63. The number of halogens is 2. The first-order chi connectivity index (χ1) is 19.2. The smallest absolute Gasteiger partial charge is 0.229 e. The molecule has 0 spiro atoms. The number of benzene rings is 3. The van der Waals surface area contributed by atoms with Gasteiger partial charge in [-0.3, -0.25) is 14.9 Å². The van der Waals surface area contributed by atoms with Crippen molar-refractivity contribution >= 4 is 76.3 Å². The first-order valence-electron chi connectivity index (χ1n) is 13.4. The van der Waals surface area contributed by atoms with Crippen molar-refractivity contribution in [1.82, 2.24) is 19.9 Å². The third-order valence-electron chi connectivity index (χ3n) is 6.63. The number of rotatable bonds is 6. The topological polar surface area (TPSA) is 150 Å². The van der Waals surface area contributed by atoms with E-state index in [2.05, 4.69) is 37.0 Å². The van der Waals surface area contributed by atoms with Crippen LogP contribution in [0.3, 0.4) is 0 Å². The van der Waals surface area contributed by atoms with Crippen molar-refractivity contribution in [3.8, 4) is 0 Å². The summed E-state index contributed by atoms with van der Waals surface area (Å²) >= 11 is 0. The van der Waals surface area contributed by atoms with Crippen LogP contribution in [0.2, 0.25) is 0 Å². The minimum absolute atomic E-state index is 0. The second kappa shape index (κ2) is 12.2. The summed E-state index contributed by atoms with van der Waals surface area (Å²) in [6.07, 6.45) is 0. The largest absolute Gasteiger partial charge is 0.383 e. The molecule has 5 aromatic rings. The molecule has 6 N–H and O–H groups in total.